The van der Waals surface area contributed by atoms with E-state index in [-0.39, 0.29) is 16.8 Å². The van der Waals surface area contributed by atoms with E-state index in [2.05, 4.69) is 10.1 Å². The van der Waals surface area contributed by atoms with Gasteiger partial charge in [-0.2, -0.15) is 16.3 Å². The summed E-state index contributed by atoms with van der Waals surface area (Å²) in [5, 5.41) is 8.11. The number of amides is 1. The molecule has 3 heterocycles. The Morgan fingerprint density at radius 3 is 3.07 bits per heavy atom. The molecule has 5 nitrogen and oxygen atoms in total. The van der Waals surface area contributed by atoms with Crippen LogP contribution in [0.4, 0.5) is 4.39 Å². The zero-order valence-corrected chi connectivity index (χ0v) is 16.0. The van der Waals surface area contributed by atoms with Crippen LogP contribution >= 0.6 is 22.9 Å². The van der Waals surface area contributed by atoms with Gasteiger partial charge in [0.15, 0.2) is 0 Å². The summed E-state index contributed by atoms with van der Waals surface area (Å²) >= 11 is 7.62. The van der Waals surface area contributed by atoms with Crippen LogP contribution in [-0.2, 0) is 6.42 Å². The fourth-order valence-corrected chi connectivity index (χ4v) is 4.23. The third-order valence-electron chi connectivity index (χ3n) is 4.68. The first kappa shape index (κ1) is 18.1. The Bertz CT molecular complexity index is 944. The molecule has 8 heteroatoms. The number of carbonyl (C=O) groups is 1. The molecular formula is C19H17ClFN3O2S. The predicted octanol–water partition coefficient (Wildman–Crippen LogP) is 4.69. The highest BCUT2D eigenvalue weighted by molar-refractivity contribution is 7.08. The number of piperidine rings is 1. The summed E-state index contributed by atoms with van der Waals surface area (Å²) in [4.78, 5) is 19.0. The first-order chi connectivity index (χ1) is 13.1. The van der Waals surface area contributed by atoms with E-state index in [1.54, 1.807) is 16.2 Å². The fourth-order valence-electron chi connectivity index (χ4n) is 3.34. The molecule has 0 N–H and O–H groups in total. The van der Waals surface area contributed by atoms with Gasteiger partial charge in [-0.3, -0.25) is 4.79 Å². The third kappa shape index (κ3) is 4.04. The standard InChI is InChI=1S/C19H17ClFN3O2S/c20-16-9-14(21)3-4-15(16)19(25)24-6-1-2-12(10-24)8-17-22-18(23-26-17)13-5-7-27-11-13/h3-5,7,9,11-12H,1-2,6,8,10H2. The number of nitrogens with zero attached hydrogens (tertiary/aromatic N) is 3. The predicted molar refractivity (Wildman–Crippen MR) is 101 cm³/mol. The molecule has 0 saturated carbocycles. The number of aromatic nitrogens is 2. The Balaban J connectivity index is 1.43. The maximum atomic E-state index is 13.2. The summed E-state index contributed by atoms with van der Waals surface area (Å²) in [5.41, 5.74) is 1.28. The molecule has 0 bridgehead atoms. The molecule has 1 unspecified atom stereocenters. The van der Waals surface area contributed by atoms with E-state index in [1.165, 1.54) is 18.2 Å². The highest BCUT2D eigenvalue weighted by Gasteiger charge is 2.27. The van der Waals surface area contributed by atoms with E-state index < -0.39 is 5.82 Å². The van der Waals surface area contributed by atoms with Gasteiger partial charge >= 0.3 is 0 Å². The second kappa shape index (κ2) is 7.78. The number of halogens is 2. The second-order valence-electron chi connectivity index (χ2n) is 6.61. The topological polar surface area (TPSA) is 59.2 Å². The van der Waals surface area contributed by atoms with Crippen molar-refractivity contribution in [3.8, 4) is 11.4 Å². The van der Waals surface area contributed by atoms with Crippen molar-refractivity contribution in [2.24, 2.45) is 5.92 Å². The van der Waals surface area contributed by atoms with Crippen molar-refractivity contribution in [2.45, 2.75) is 19.3 Å². The summed E-state index contributed by atoms with van der Waals surface area (Å²) in [6.45, 7) is 1.25. The molecule has 0 spiro atoms. The largest absolute Gasteiger partial charge is 0.339 e. The van der Waals surface area contributed by atoms with E-state index in [1.807, 2.05) is 16.8 Å². The average molecular weight is 406 g/mol. The molecule has 0 aliphatic carbocycles. The van der Waals surface area contributed by atoms with E-state index in [0.29, 0.717) is 36.8 Å². The van der Waals surface area contributed by atoms with E-state index >= 15 is 0 Å². The van der Waals surface area contributed by atoms with Gasteiger partial charge in [-0.1, -0.05) is 16.8 Å². The van der Waals surface area contributed by atoms with Crippen molar-refractivity contribution in [1.29, 1.82) is 0 Å². The van der Waals surface area contributed by atoms with Gasteiger partial charge in [0.25, 0.3) is 5.91 Å². The Labute approximate surface area is 164 Å². The first-order valence-corrected chi connectivity index (χ1v) is 10.0. The molecule has 1 amide bonds. The zero-order chi connectivity index (χ0) is 18.8. The van der Waals surface area contributed by atoms with Crippen molar-refractivity contribution < 1.29 is 13.7 Å². The van der Waals surface area contributed by atoms with E-state index in [0.717, 1.165) is 18.4 Å². The van der Waals surface area contributed by atoms with Gasteiger partial charge in [0.05, 0.1) is 10.6 Å². The third-order valence-corrected chi connectivity index (χ3v) is 5.67. The Hall–Kier alpha value is -2.25. The number of hydrogen-bond donors (Lipinski definition) is 0. The maximum absolute atomic E-state index is 13.2. The van der Waals surface area contributed by atoms with Gasteiger partial charge in [0, 0.05) is 30.5 Å². The van der Waals surface area contributed by atoms with Crippen LogP contribution in [0.5, 0.6) is 0 Å². The lowest BCUT2D eigenvalue weighted by Crippen LogP contribution is -2.40. The molecule has 3 aromatic rings. The van der Waals surface area contributed by atoms with Gasteiger partial charge in [0.2, 0.25) is 11.7 Å². The number of thiophene rings is 1. The molecule has 1 saturated heterocycles. The summed E-state index contributed by atoms with van der Waals surface area (Å²) in [6.07, 6.45) is 2.50. The lowest BCUT2D eigenvalue weighted by atomic mass is 9.94. The van der Waals surface area contributed by atoms with Gasteiger partial charge in [-0.15, -0.1) is 0 Å². The highest BCUT2D eigenvalue weighted by Crippen LogP contribution is 2.26. The zero-order valence-electron chi connectivity index (χ0n) is 14.4. The summed E-state index contributed by atoms with van der Waals surface area (Å²) in [7, 11) is 0. The molecule has 140 valence electrons. The minimum atomic E-state index is -0.453. The minimum Gasteiger partial charge on any atom is -0.339 e. The Kier molecular flexibility index (Phi) is 5.22. The van der Waals surface area contributed by atoms with Crippen LogP contribution in [0.3, 0.4) is 0 Å². The molecular weight excluding hydrogens is 389 g/mol. The van der Waals surface area contributed by atoms with Crippen LogP contribution in [0.25, 0.3) is 11.4 Å². The summed E-state index contributed by atoms with van der Waals surface area (Å²) in [5.74, 6) is 0.779. The van der Waals surface area contributed by atoms with Crippen molar-refractivity contribution in [3.05, 3.63) is 57.3 Å². The molecule has 1 aliphatic heterocycles. The summed E-state index contributed by atoms with van der Waals surface area (Å²) < 4.78 is 18.6. The lowest BCUT2D eigenvalue weighted by molar-refractivity contribution is 0.0668. The van der Waals surface area contributed by atoms with E-state index in [9.17, 15) is 9.18 Å². The molecule has 1 aromatic carbocycles. The van der Waals surface area contributed by atoms with Crippen molar-refractivity contribution in [1.82, 2.24) is 15.0 Å². The number of hydrogen-bond acceptors (Lipinski definition) is 5. The highest BCUT2D eigenvalue weighted by atomic mass is 35.5. The number of likely N-dealkylation sites (tertiary alicyclic amines) is 1. The average Bonchev–Trinajstić information content (AvgIpc) is 3.33. The normalized spacial score (nSPS) is 17.3. The van der Waals surface area contributed by atoms with Crippen LogP contribution in [0, 0.1) is 11.7 Å². The van der Waals surface area contributed by atoms with Crippen LogP contribution in [-0.4, -0.2) is 34.0 Å². The fraction of sp³-hybridized carbons (Fsp3) is 0.316. The molecule has 1 fully saturated rings. The molecule has 2 aromatic heterocycles. The van der Waals surface area contributed by atoms with Crippen LogP contribution in [0.1, 0.15) is 29.1 Å². The maximum Gasteiger partial charge on any atom is 0.255 e. The van der Waals surface area contributed by atoms with Gasteiger partial charge < -0.3 is 9.42 Å². The number of benzene rings is 1. The quantitative estimate of drug-likeness (QED) is 0.632. The van der Waals surface area contributed by atoms with Crippen LogP contribution in [0.15, 0.2) is 39.5 Å². The summed E-state index contributed by atoms with van der Waals surface area (Å²) in [6, 6.07) is 5.81. The number of rotatable bonds is 4. The Morgan fingerprint density at radius 1 is 1.41 bits per heavy atom. The van der Waals surface area contributed by atoms with E-state index in [4.69, 9.17) is 16.1 Å². The lowest BCUT2D eigenvalue weighted by Gasteiger charge is -2.32. The molecule has 4 rings (SSSR count). The minimum absolute atomic E-state index is 0.138. The SMILES string of the molecule is O=C(c1ccc(F)cc1Cl)N1CCCC(Cc2nc(-c3ccsc3)no2)C1. The van der Waals surface area contributed by atoms with Gasteiger partial charge in [-0.05, 0) is 48.4 Å². The smallest absolute Gasteiger partial charge is 0.255 e. The van der Waals surface area contributed by atoms with Gasteiger partial charge in [0.1, 0.15) is 5.82 Å². The monoisotopic (exact) mass is 405 g/mol. The molecule has 1 atom stereocenters. The van der Waals surface area contributed by atoms with Gasteiger partial charge in [-0.25, -0.2) is 4.39 Å². The Morgan fingerprint density at radius 2 is 2.30 bits per heavy atom. The molecule has 27 heavy (non-hydrogen) atoms. The van der Waals surface area contributed by atoms with Crippen LogP contribution in [0.2, 0.25) is 5.02 Å². The molecule has 1 aliphatic rings. The van der Waals surface area contributed by atoms with Crippen molar-refractivity contribution in [3.63, 3.8) is 0 Å². The first-order valence-electron chi connectivity index (χ1n) is 8.69. The second-order valence-corrected chi connectivity index (χ2v) is 7.80. The number of carbonyl (C=O) groups excluding carboxylic acids is 1. The van der Waals surface area contributed by atoms with Crippen molar-refractivity contribution in [2.75, 3.05) is 13.1 Å². The molecule has 0 radical (unpaired) electrons. The van der Waals surface area contributed by atoms with Crippen molar-refractivity contribution >= 4 is 28.8 Å². The van der Waals surface area contributed by atoms with Crippen LogP contribution < -0.4 is 0 Å².